The second kappa shape index (κ2) is 6.86. The van der Waals surface area contributed by atoms with Crippen molar-refractivity contribution in [3.63, 3.8) is 0 Å². The molecule has 0 radical (unpaired) electrons. The van der Waals surface area contributed by atoms with E-state index in [2.05, 4.69) is 23.7 Å². The van der Waals surface area contributed by atoms with Crippen molar-refractivity contribution in [2.24, 2.45) is 18.9 Å². The first kappa shape index (κ1) is 17.5. The van der Waals surface area contributed by atoms with Gasteiger partial charge in [-0.05, 0) is 24.5 Å². The van der Waals surface area contributed by atoms with E-state index in [1.165, 1.54) is 0 Å². The molecule has 3 rings (SSSR count). The summed E-state index contributed by atoms with van der Waals surface area (Å²) in [7, 11) is 3.73. The SMILES string of the molecule is CC(C)C[C@H](NC(=O)C1CC(=O)N(C)C1)c1nc2ccccc2n1C. The molecule has 1 N–H and O–H groups in total. The number of para-hydroxylation sites is 2. The van der Waals surface area contributed by atoms with Gasteiger partial charge in [-0.2, -0.15) is 0 Å². The number of carbonyl (C=O) groups excluding carboxylic acids is 2. The minimum atomic E-state index is -0.276. The van der Waals surface area contributed by atoms with E-state index in [0.29, 0.717) is 18.9 Å². The summed E-state index contributed by atoms with van der Waals surface area (Å²) in [4.78, 5) is 30.8. The number of aromatic nitrogens is 2. The van der Waals surface area contributed by atoms with Gasteiger partial charge in [0.2, 0.25) is 11.8 Å². The fourth-order valence-electron chi connectivity index (χ4n) is 3.50. The van der Waals surface area contributed by atoms with Crippen molar-refractivity contribution >= 4 is 22.8 Å². The zero-order valence-electron chi connectivity index (χ0n) is 15.3. The number of carbonyl (C=O) groups is 2. The van der Waals surface area contributed by atoms with Crippen molar-refractivity contribution in [3.05, 3.63) is 30.1 Å². The Morgan fingerprint density at radius 3 is 2.64 bits per heavy atom. The molecule has 1 aliphatic heterocycles. The highest BCUT2D eigenvalue weighted by atomic mass is 16.2. The first-order valence-corrected chi connectivity index (χ1v) is 8.82. The van der Waals surface area contributed by atoms with Gasteiger partial charge in [-0.1, -0.05) is 26.0 Å². The molecule has 2 amide bonds. The summed E-state index contributed by atoms with van der Waals surface area (Å²) < 4.78 is 2.05. The Kier molecular flexibility index (Phi) is 4.79. The van der Waals surface area contributed by atoms with E-state index in [1.54, 1.807) is 11.9 Å². The Morgan fingerprint density at radius 1 is 1.32 bits per heavy atom. The van der Waals surface area contributed by atoms with Gasteiger partial charge >= 0.3 is 0 Å². The number of fused-ring (bicyclic) bond motifs is 1. The average molecular weight is 342 g/mol. The minimum absolute atomic E-state index is 0.0308. The molecule has 0 aliphatic carbocycles. The molecule has 0 saturated carbocycles. The second-order valence-corrected chi connectivity index (χ2v) is 7.38. The molecule has 2 heterocycles. The number of aryl methyl sites for hydroxylation is 1. The lowest BCUT2D eigenvalue weighted by Gasteiger charge is -2.22. The van der Waals surface area contributed by atoms with Crippen LogP contribution in [-0.4, -0.2) is 39.9 Å². The first-order chi connectivity index (χ1) is 11.9. The zero-order valence-corrected chi connectivity index (χ0v) is 15.3. The van der Waals surface area contributed by atoms with Gasteiger partial charge in [0.15, 0.2) is 0 Å². The smallest absolute Gasteiger partial charge is 0.226 e. The van der Waals surface area contributed by atoms with Crippen molar-refractivity contribution in [1.82, 2.24) is 19.8 Å². The van der Waals surface area contributed by atoms with Crippen molar-refractivity contribution in [3.8, 4) is 0 Å². The number of hydrogen-bond donors (Lipinski definition) is 1. The predicted octanol–water partition coefficient (Wildman–Crippen LogP) is 2.25. The van der Waals surface area contributed by atoms with Crippen LogP contribution in [0.2, 0.25) is 0 Å². The molecule has 1 fully saturated rings. The van der Waals surface area contributed by atoms with Gasteiger partial charge in [0.25, 0.3) is 0 Å². The number of benzene rings is 1. The lowest BCUT2D eigenvalue weighted by molar-refractivity contribution is -0.128. The Hall–Kier alpha value is -2.37. The molecule has 1 saturated heterocycles. The van der Waals surface area contributed by atoms with Gasteiger partial charge in [0, 0.05) is 27.1 Å². The summed E-state index contributed by atoms with van der Waals surface area (Å²) in [6.45, 7) is 4.75. The lowest BCUT2D eigenvalue weighted by Crippen LogP contribution is -2.36. The molecule has 1 unspecified atom stereocenters. The van der Waals surface area contributed by atoms with Crippen LogP contribution in [0.1, 0.15) is 38.6 Å². The zero-order chi connectivity index (χ0) is 18.1. The fourth-order valence-corrected chi connectivity index (χ4v) is 3.50. The Labute approximate surface area is 148 Å². The van der Waals surface area contributed by atoms with Crippen LogP contribution in [0, 0.1) is 11.8 Å². The molecule has 2 aromatic rings. The van der Waals surface area contributed by atoms with E-state index in [-0.39, 0.29) is 23.8 Å². The Morgan fingerprint density at radius 2 is 2.04 bits per heavy atom. The number of amides is 2. The van der Waals surface area contributed by atoms with Gasteiger partial charge in [-0.25, -0.2) is 4.98 Å². The maximum atomic E-state index is 12.7. The number of hydrogen-bond acceptors (Lipinski definition) is 3. The first-order valence-electron chi connectivity index (χ1n) is 8.82. The third kappa shape index (κ3) is 3.52. The number of nitrogens with one attached hydrogen (secondary N) is 1. The highest BCUT2D eigenvalue weighted by Crippen LogP contribution is 2.26. The number of imidazole rings is 1. The molecule has 6 heteroatoms. The summed E-state index contributed by atoms with van der Waals surface area (Å²) in [6.07, 6.45) is 1.10. The van der Waals surface area contributed by atoms with E-state index in [1.807, 2.05) is 31.3 Å². The molecule has 0 spiro atoms. The quantitative estimate of drug-likeness (QED) is 0.906. The summed E-state index contributed by atoms with van der Waals surface area (Å²) in [5, 5.41) is 3.15. The molecule has 1 aromatic carbocycles. The third-order valence-electron chi connectivity index (χ3n) is 4.87. The Bertz CT molecular complexity index is 796. The summed E-state index contributed by atoms with van der Waals surface area (Å²) in [5.74, 6) is 0.972. The number of likely N-dealkylation sites (tertiary alicyclic amines) is 1. The van der Waals surface area contributed by atoms with Crippen LogP contribution in [0.5, 0.6) is 0 Å². The van der Waals surface area contributed by atoms with Gasteiger partial charge in [-0.3, -0.25) is 9.59 Å². The number of rotatable bonds is 5. The monoisotopic (exact) mass is 342 g/mol. The average Bonchev–Trinajstić information content (AvgIpc) is 3.07. The third-order valence-corrected chi connectivity index (χ3v) is 4.87. The molecule has 6 nitrogen and oxygen atoms in total. The summed E-state index contributed by atoms with van der Waals surface area (Å²) in [6, 6.07) is 7.81. The molecule has 1 aliphatic rings. The van der Waals surface area contributed by atoms with Crippen LogP contribution in [0.3, 0.4) is 0 Å². The van der Waals surface area contributed by atoms with Crippen LogP contribution >= 0.6 is 0 Å². The normalized spacial score (nSPS) is 19.0. The van der Waals surface area contributed by atoms with Gasteiger partial charge in [0.05, 0.1) is 23.0 Å². The topological polar surface area (TPSA) is 67.2 Å². The van der Waals surface area contributed by atoms with Crippen LogP contribution in [0.25, 0.3) is 11.0 Å². The van der Waals surface area contributed by atoms with Crippen molar-refractivity contribution in [1.29, 1.82) is 0 Å². The number of nitrogens with zero attached hydrogens (tertiary/aromatic N) is 3. The predicted molar refractivity (Wildman–Crippen MR) is 96.8 cm³/mol. The van der Waals surface area contributed by atoms with E-state index in [9.17, 15) is 9.59 Å². The van der Waals surface area contributed by atoms with Crippen molar-refractivity contribution < 1.29 is 9.59 Å². The van der Waals surface area contributed by atoms with Crippen LogP contribution in [0.15, 0.2) is 24.3 Å². The van der Waals surface area contributed by atoms with E-state index in [0.717, 1.165) is 23.3 Å². The summed E-state index contributed by atoms with van der Waals surface area (Å²) >= 11 is 0. The van der Waals surface area contributed by atoms with E-state index in [4.69, 9.17) is 4.98 Å². The molecule has 2 atom stereocenters. The second-order valence-electron chi connectivity index (χ2n) is 7.38. The Balaban J connectivity index is 1.85. The fraction of sp³-hybridized carbons (Fsp3) is 0.526. The maximum Gasteiger partial charge on any atom is 0.226 e. The van der Waals surface area contributed by atoms with Crippen molar-refractivity contribution in [2.45, 2.75) is 32.7 Å². The molecular weight excluding hydrogens is 316 g/mol. The summed E-state index contributed by atoms with van der Waals surface area (Å²) in [5.41, 5.74) is 1.98. The standard InChI is InChI=1S/C19H26N4O2/c1-12(2)9-15(21-19(25)13-10-17(24)22(3)11-13)18-20-14-7-5-6-8-16(14)23(18)4/h5-8,12-13,15H,9-11H2,1-4H3,(H,21,25)/t13?,15-/m0/s1. The molecule has 134 valence electrons. The molecular formula is C19H26N4O2. The minimum Gasteiger partial charge on any atom is -0.346 e. The van der Waals surface area contributed by atoms with Crippen LogP contribution < -0.4 is 5.32 Å². The largest absolute Gasteiger partial charge is 0.346 e. The van der Waals surface area contributed by atoms with Gasteiger partial charge in [-0.15, -0.1) is 0 Å². The highest BCUT2D eigenvalue weighted by Gasteiger charge is 2.34. The van der Waals surface area contributed by atoms with Crippen LogP contribution in [-0.2, 0) is 16.6 Å². The lowest BCUT2D eigenvalue weighted by atomic mass is 10.0. The van der Waals surface area contributed by atoms with E-state index >= 15 is 0 Å². The molecule has 25 heavy (non-hydrogen) atoms. The van der Waals surface area contributed by atoms with Crippen LogP contribution in [0.4, 0.5) is 0 Å². The van der Waals surface area contributed by atoms with Gasteiger partial charge < -0.3 is 14.8 Å². The van der Waals surface area contributed by atoms with Crippen molar-refractivity contribution in [2.75, 3.05) is 13.6 Å². The van der Waals surface area contributed by atoms with Gasteiger partial charge in [0.1, 0.15) is 5.82 Å². The maximum absolute atomic E-state index is 12.7. The molecule has 1 aromatic heterocycles. The van der Waals surface area contributed by atoms with E-state index < -0.39 is 0 Å². The molecule has 0 bridgehead atoms. The highest BCUT2D eigenvalue weighted by molar-refractivity contribution is 5.89.